The van der Waals surface area contributed by atoms with Crippen molar-refractivity contribution in [3.63, 3.8) is 0 Å². The van der Waals surface area contributed by atoms with E-state index < -0.39 is 4.92 Å². The minimum atomic E-state index is -0.410. The molecule has 6 heteroatoms. The van der Waals surface area contributed by atoms with Crippen molar-refractivity contribution in [3.8, 4) is 11.5 Å². The van der Waals surface area contributed by atoms with Crippen LogP contribution in [0.5, 0.6) is 11.5 Å². The average molecular weight is 304 g/mol. The van der Waals surface area contributed by atoms with E-state index in [0.717, 1.165) is 0 Å². The van der Waals surface area contributed by atoms with E-state index in [1.165, 1.54) is 20.3 Å². The molecule has 0 aliphatic heterocycles. The fraction of sp³-hybridized carbons (Fsp3) is 0.455. The third kappa shape index (κ3) is 3.33. The molecule has 0 amide bonds. The highest BCUT2D eigenvalue weighted by atomic mass is 79.9. The van der Waals surface area contributed by atoms with Crippen molar-refractivity contribution in [2.24, 2.45) is 0 Å². The molecule has 0 saturated carbocycles. The third-order valence-corrected chi connectivity index (χ3v) is 2.61. The van der Waals surface area contributed by atoms with Crippen molar-refractivity contribution >= 4 is 21.6 Å². The highest BCUT2D eigenvalue weighted by Gasteiger charge is 2.20. The third-order valence-electron chi connectivity index (χ3n) is 2.28. The Kier molecular flexibility index (Phi) is 4.74. The van der Waals surface area contributed by atoms with E-state index in [4.69, 9.17) is 9.47 Å². The van der Waals surface area contributed by atoms with Crippen LogP contribution in [0.15, 0.2) is 12.1 Å². The molecule has 0 spiro atoms. The quantitative estimate of drug-likeness (QED) is 0.477. The van der Waals surface area contributed by atoms with Crippen LogP contribution in [0.25, 0.3) is 0 Å². The number of nitro groups is 1. The number of hydrogen-bond acceptors (Lipinski definition) is 4. The second kappa shape index (κ2) is 5.86. The second-order valence-electron chi connectivity index (χ2n) is 3.58. The first-order valence-corrected chi connectivity index (χ1v) is 5.94. The predicted octanol–water partition coefficient (Wildman–Crippen LogP) is 2.94. The first-order valence-electron chi connectivity index (χ1n) is 5.03. The van der Waals surface area contributed by atoms with E-state index in [0.29, 0.717) is 23.5 Å². The lowest BCUT2D eigenvalue weighted by Crippen LogP contribution is -2.03. The molecular formula is C11H14BrNO4. The molecule has 1 aromatic rings. The lowest BCUT2D eigenvalue weighted by molar-refractivity contribution is -0.385. The zero-order valence-corrected chi connectivity index (χ0v) is 11.5. The Morgan fingerprint density at radius 1 is 1.35 bits per heavy atom. The minimum absolute atomic E-state index is 0.0500. The van der Waals surface area contributed by atoms with Gasteiger partial charge in [-0.1, -0.05) is 22.9 Å². The zero-order chi connectivity index (χ0) is 13.0. The van der Waals surface area contributed by atoms with Crippen LogP contribution < -0.4 is 9.47 Å². The van der Waals surface area contributed by atoms with Gasteiger partial charge in [-0.05, 0) is 12.5 Å². The Hall–Kier alpha value is -1.30. The second-order valence-corrected chi connectivity index (χ2v) is 5.14. The molecule has 0 N–H and O–H groups in total. The van der Waals surface area contributed by atoms with Crippen molar-refractivity contribution < 1.29 is 14.4 Å². The molecule has 94 valence electrons. The van der Waals surface area contributed by atoms with Gasteiger partial charge in [0.25, 0.3) is 5.69 Å². The largest absolute Gasteiger partial charge is 0.493 e. The summed E-state index contributed by atoms with van der Waals surface area (Å²) in [7, 11) is 2.96. The van der Waals surface area contributed by atoms with Gasteiger partial charge in [-0.25, -0.2) is 0 Å². The van der Waals surface area contributed by atoms with Crippen LogP contribution in [0, 0.1) is 10.1 Å². The van der Waals surface area contributed by atoms with Crippen molar-refractivity contribution in [1.82, 2.24) is 0 Å². The van der Waals surface area contributed by atoms with Gasteiger partial charge in [0.1, 0.15) is 0 Å². The van der Waals surface area contributed by atoms with Crippen molar-refractivity contribution in [3.05, 3.63) is 27.8 Å². The summed E-state index contributed by atoms with van der Waals surface area (Å²) in [5.41, 5.74) is 0.672. The number of rotatable bonds is 5. The number of benzene rings is 1. The molecule has 0 radical (unpaired) electrons. The molecular weight excluding hydrogens is 290 g/mol. The van der Waals surface area contributed by atoms with E-state index in [1.54, 1.807) is 6.07 Å². The Bertz CT molecular complexity index is 420. The summed E-state index contributed by atoms with van der Waals surface area (Å²) >= 11 is 3.38. The standard InChI is InChI=1S/C11H14BrNO4/c1-7(12)4-8-5-10(16-2)11(17-3)6-9(8)13(14)15/h5-7H,4H2,1-3H3. The molecule has 0 bridgehead atoms. The first kappa shape index (κ1) is 13.8. The molecule has 0 aliphatic rings. The lowest BCUT2D eigenvalue weighted by atomic mass is 10.1. The van der Waals surface area contributed by atoms with Crippen LogP contribution in [0.2, 0.25) is 0 Å². The van der Waals surface area contributed by atoms with Gasteiger partial charge >= 0.3 is 0 Å². The highest BCUT2D eigenvalue weighted by molar-refractivity contribution is 9.09. The molecule has 1 atom stereocenters. The number of halogens is 1. The Morgan fingerprint density at radius 3 is 2.29 bits per heavy atom. The van der Waals surface area contributed by atoms with Crippen LogP contribution in [-0.2, 0) is 6.42 Å². The van der Waals surface area contributed by atoms with Gasteiger partial charge in [-0.3, -0.25) is 10.1 Å². The van der Waals surface area contributed by atoms with E-state index in [9.17, 15) is 10.1 Å². The Balaban J connectivity index is 3.29. The highest BCUT2D eigenvalue weighted by Crippen LogP contribution is 2.35. The summed E-state index contributed by atoms with van der Waals surface area (Å²) < 4.78 is 10.2. The van der Waals surface area contributed by atoms with Crippen molar-refractivity contribution in [1.29, 1.82) is 0 Å². The van der Waals surface area contributed by atoms with Crippen molar-refractivity contribution in [2.45, 2.75) is 18.2 Å². The Morgan fingerprint density at radius 2 is 1.88 bits per heavy atom. The molecule has 0 fully saturated rings. The smallest absolute Gasteiger partial charge is 0.276 e. The van der Waals surface area contributed by atoms with Crippen LogP contribution in [0.3, 0.4) is 0 Å². The van der Waals surface area contributed by atoms with Gasteiger partial charge in [0.15, 0.2) is 11.5 Å². The summed E-state index contributed by atoms with van der Waals surface area (Å²) in [5, 5.41) is 11.0. The molecule has 1 aromatic carbocycles. The summed E-state index contributed by atoms with van der Waals surface area (Å²) in [5.74, 6) is 0.867. The molecule has 0 heterocycles. The van der Waals surface area contributed by atoms with Gasteiger partial charge in [0, 0.05) is 10.4 Å². The summed E-state index contributed by atoms with van der Waals surface area (Å²) in [6, 6.07) is 3.04. The van der Waals surface area contributed by atoms with E-state index in [2.05, 4.69) is 15.9 Å². The maximum atomic E-state index is 11.0. The minimum Gasteiger partial charge on any atom is -0.493 e. The van der Waals surface area contributed by atoms with E-state index >= 15 is 0 Å². The molecule has 1 rings (SSSR count). The predicted molar refractivity (Wildman–Crippen MR) is 68.3 cm³/mol. The number of ether oxygens (including phenoxy) is 2. The summed E-state index contributed by atoms with van der Waals surface area (Å²) in [4.78, 5) is 10.7. The van der Waals surface area contributed by atoms with Crippen LogP contribution in [0.1, 0.15) is 12.5 Å². The number of methoxy groups -OCH3 is 2. The molecule has 17 heavy (non-hydrogen) atoms. The monoisotopic (exact) mass is 303 g/mol. The SMILES string of the molecule is COc1cc(CC(C)Br)c([N+](=O)[O-])cc1OC. The van der Waals surface area contributed by atoms with Gasteiger partial charge < -0.3 is 9.47 Å². The number of hydrogen-bond donors (Lipinski definition) is 0. The molecule has 0 aromatic heterocycles. The zero-order valence-electron chi connectivity index (χ0n) is 9.90. The fourth-order valence-corrected chi connectivity index (χ4v) is 1.90. The van der Waals surface area contributed by atoms with Crippen molar-refractivity contribution in [2.75, 3.05) is 14.2 Å². The van der Waals surface area contributed by atoms with Crippen LogP contribution in [-0.4, -0.2) is 24.0 Å². The average Bonchev–Trinajstić information content (AvgIpc) is 2.27. The van der Waals surface area contributed by atoms with Gasteiger partial charge in [-0.15, -0.1) is 0 Å². The number of alkyl halides is 1. The van der Waals surface area contributed by atoms with Crippen LogP contribution in [0.4, 0.5) is 5.69 Å². The normalized spacial score (nSPS) is 12.0. The maximum absolute atomic E-state index is 11.0. The van der Waals surface area contributed by atoms with E-state index in [-0.39, 0.29) is 10.5 Å². The number of nitro benzene ring substituents is 1. The van der Waals surface area contributed by atoms with Gasteiger partial charge in [0.05, 0.1) is 25.2 Å². The molecule has 0 aliphatic carbocycles. The fourth-order valence-electron chi connectivity index (χ4n) is 1.55. The molecule has 1 unspecified atom stereocenters. The summed E-state index contributed by atoms with van der Waals surface area (Å²) in [6.07, 6.45) is 0.552. The Labute approximate surface area is 108 Å². The van der Waals surface area contributed by atoms with E-state index in [1.807, 2.05) is 6.92 Å². The molecule has 5 nitrogen and oxygen atoms in total. The maximum Gasteiger partial charge on any atom is 0.276 e. The van der Waals surface area contributed by atoms with Gasteiger partial charge in [0.2, 0.25) is 0 Å². The summed E-state index contributed by atoms with van der Waals surface area (Å²) in [6.45, 7) is 1.93. The lowest BCUT2D eigenvalue weighted by Gasteiger charge is -2.11. The topological polar surface area (TPSA) is 61.6 Å². The van der Waals surface area contributed by atoms with Crippen LogP contribution >= 0.6 is 15.9 Å². The van der Waals surface area contributed by atoms with Gasteiger partial charge in [-0.2, -0.15) is 0 Å². The first-order chi connectivity index (χ1) is 7.99. The number of nitrogens with zero attached hydrogens (tertiary/aromatic N) is 1. The molecule has 0 saturated heterocycles.